The molecule has 8 nitrogen and oxygen atoms in total. The molecular formula is C25H29N3O5S. The van der Waals surface area contributed by atoms with Gasteiger partial charge in [-0.05, 0) is 43.9 Å². The zero-order valence-electron chi connectivity index (χ0n) is 19.7. The molecule has 2 aromatic rings. The summed E-state index contributed by atoms with van der Waals surface area (Å²) in [5.41, 5.74) is 2.37. The van der Waals surface area contributed by atoms with E-state index < -0.39 is 12.0 Å². The van der Waals surface area contributed by atoms with Crippen molar-refractivity contribution in [2.45, 2.75) is 65.5 Å². The summed E-state index contributed by atoms with van der Waals surface area (Å²) in [5, 5.41) is 2.20. The molecular weight excluding hydrogens is 454 g/mol. The first-order chi connectivity index (χ1) is 16.3. The largest absolute Gasteiger partial charge is 0.458 e. The molecule has 4 rings (SSSR count). The number of benzene rings is 1. The molecule has 2 heterocycles. The number of hydrogen-bond acceptors (Lipinski definition) is 7. The number of imide groups is 1. The van der Waals surface area contributed by atoms with E-state index in [1.165, 1.54) is 35.6 Å². The second-order valence-corrected chi connectivity index (χ2v) is 9.66. The van der Waals surface area contributed by atoms with Gasteiger partial charge in [-0.15, -0.1) is 11.3 Å². The lowest BCUT2D eigenvalue weighted by molar-refractivity contribution is -0.159. The third-order valence-electron chi connectivity index (χ3n) is 6.61. The van der Waals surface area contributed by atoms with E-state index in [1.807, 2.05) is 24.3 Å². The van der Waals surface area contributed by atoms with Gasteiger partial charge >= 0.3 is 5.97 Å². The second kappa shape index (κ2) is 10.0. The summed E-state index contributed by atoms with van der Waals surface area (Å²) in [6.07, 6.45) is 4.16. The number of rotatable bonds is 7. The van der Waals surface area contributed by atoms with Crippen LogP contribution in [0.5, 0.6) is 0 Å². The molecule has 0 spiro atoms. The molecule has 3 amide bonds. The number of thiazole rings is 1. The summed E-state index contributed by atoms with van der Waals surface area (Å²) in [5.74, 6) is -1.96. The van der Waals surface area contributed by atoms with E-state index in [9.17, 15) is 19.2 Å². The van der Waals surface area contributed by atoms with Crippen LogP contribution in [-0.2, 0) is 36.9 Å². The molecule has 3 unspecified atom stereocenters. The van der Waals surface area contributed by atoms with Crippen molar-refractivity contribution in [3.8, 4) is 0 Å². The van der Waals surface area contributed by atoms with Gasteiger partial charge in [-0.3, -0.25) is 24.2 Å². The van der Waals surface area contributed by atoms with Gasteiger partial charge in [-0.25, -0.2) is 9.78 Å². The first-order valence-electron chi connectivity index (χ1n) is 11.7. The highest BCUT2D eigenvalue weighted by Gasteiger charge is 2.51. The second-order valence-electron chi connectivity index (χ2n) is 8.82. The minimum atomic E-state index is -0.977. The van der Waals surface area contributed by atoms with Crippen LogP contribution in [0.4, 0.5) is 10.8 Å². The maximum Gasteiger partial charge on any atom is 0.329 e. The molecule has 1 aliphatic carbocycles. The predicted molar refractivity (Wildman–Crippen MR) is 127 cm³/mol. The van der Waals surface area contributed by atoms with Crippen molar-refractivity contribution < 1.29 is 23.9 Å². The number of ether oxygens (including phenoxy) is 1. The normalized spacial score (nSPS) is 20.7. The van der Waals surface area contributed by atoms with Crippen LogP contribution < -0.4 is 4.90 Å². The molecule has 0 radical (unpaired) electrons. The molecule has 9 heteroatoms. The van der Waals surface area contributed by atoms with Gasteiger partial charge in [0.25, 0.3) is 0 Å². The fourth-order valence-electron chi connectivity index (χ4n) is 4.71. The van der Waals surface area contributed by atoms with Crippen molar-refractivity contribution in [1.29, 1.82) is 0 Å². The van der Waals surface area contributed by atoms with Gasteiger partial charge in [0.1, 0.15) is 12.6 Å². The number of nitrogens with zero attached hydrogens (tertiary/aromatic N) is 3. The Bertz CT molecular complexity index is 1070. The Balaban J connectivity index is 1.40. The van der Waals surface area contributed by atoms with Gasteiger partial charge in [0.15, 0.2) is 5.13 Å². The van der Waals surface area contributed by atoms with Gasteiger partial charge in [0.05, 0.1) is 23.2 Å². The standard InChI is InChI=1S/C25H29N3O5S/c1-4-17-9-11-19(12-10-17)28(16(3)29)25-26-18(14-34-25)13-33-24(32)15(2)27-22(30)20-7-5-6-8-21(20)23(27)31/h9-12,14-15,20-21H,4-8,13H2,1-3H3. The number of carbonyl (C=O) groups excluding carboxylic acids is 4. The molecule has 2 fully saturated rings. The minimum absolute atomic E-state index is 0.108. The van der Waals surface area contributed by atoms with Crippen molar-refractivity contribution >= 4 is 45.8 Å². The average molecular weight is 484 g/mol. The summed E-state index contributed by atoms with van der Waals surface area (Å²) in [4.78, 5) is 57.5. The topological polar surface area (TPSA) is 96.9 Å². The summed E-state index contributed by atoms with van der Waals surface area (Å²) >= 11 is 1.27. The van der Waals surface area contributed by atoms with Gasteiger partial charge in [0, 0.05) is 12.3 Å². The van der Waals surface area contributed by atoms with Crippen LogP contribution in [0, 0.1) is 11.8 Å². The lowest BCUT2D eigenvalue weighted by atomic mass is 9.81. The van der Waals surface area contributed by atoms with E-state index in [4.69, 9.17) is 4.74 Å². The summed E-state index contributed by atoms with van der Waals surface area (Å²) in [6, 6.07) is 6.73. The van der Waals surface area contributed by atoms with Crippen molar-refractivity contribution in [3.05, 3.63) is 40.9 Å². The minimum Gasteiger partial charge on any atom is -0.458 e. The number of aryl methyl sites for hydroxylation is 1. The molecule has 180 valence electrons. The number of fused-ring (bicyclic) bond motifs is 1. The van der Waals surface area contributed by atoms with Crippen molar-refractivity contribution in [1.82, 2.24) is 9.88 Å². The maximum absolute atomic E-state index is 12.7. The number of anilines is 2. The molecule has 0 bridgehead atoms. The first-order valence-corrected chi connectivity index (χ1v) is 12.6. The highest BCUT2D eigenvalue weighted by atomic mass is 32.1. The van der Waals surface area contributed by atoms with Crippen LogP contribution in [0.2, 0.25) is 0 Å². The van der Waals surface area contributed by atoms with Crippen molar-refractivity contribution in [3.63, 3.8) is 0 Å². The quantitative estimate of drug-likeness (QED) is 0.436. The molecule has 1 aromatic heterocycles. The Labute approximate surface area is 202 Å². The van der Waals surface area contributed by atoms with E-state index in [2.05, 4.69) is 11.9 Å². The number of esters is 1. The Morgan fingerprint density at radius 3 is 2.32 bits per heavy atom. The number of likely N-dealkylation sites (tertiary alicyclic amines) is 1. The molecule has 1 saturated heterocycles. The maximum atomic E-state index is 12.7. The van der Waals surface area contributed by atoms with E-state index in [-0.39, 0.29) is 36.2 Å². The number of carbonyl (C=O) groups is 4. The molecule has 1 aliphatic heterocycles. The van der Waals surface area contributed by atoms with Crippen LogP contribution >= 0.6 is 11.3 Å². The third kappa shape index (κ3) is 4.61. The van der Waals surface area contributed by atoms with Crippen LogP contribution in [0.1, 0.15) is 57.7 Å². The Morgan fingerprint density at radius 1 is 1.15 bits per heavy atom. The Kier molecular flexibility index (Phi) is 7.11. The first kappa shape index (κ1) is 24.1. The van der Waals surface area contributed by atoms with E-state index in [0.717, 1.165) is 24.2 Å². The van der Waals surface area contributed by atoms with E-state index >= 15 is 0 Å². The zero-order chi connectivity index (χ0) is 24.4. The zero-order valence-corrected chi connectivity index (χ0v) is 20.5. The van der Waals surface area contributed by atoms with Crippen LogP contribution in [0.25, 0.3) is 0 Å². The third-order valence-corrected chi connectivity index (χ3v) is 7.49. The monoisotopic (exact) mass is 483 g/mol. The SMILES string of the molecule is CCc1ccc(N(C(C)=O)c2nc(COC(=O)C(C)N3C(=O)C4CCCCC4C3=O)cs2)cc1. The predicted octanol–water partition coefficient (Wildman–Crippen LogP) is 4.00. The smallest absolute Gasteiger partial charge is 0.329 e. The highest BCUT2D eigenvalue weighted by Crippen LogP contribution is 2.39. The van der Waals surface area contributed by atoms with Gasteiger partial charge in [-0.2, -0.15) is 0 Å². The molecule has 1 aromatic carbocycles. The number of aromatic nitrogens is 1. The van der Waals surface area contributed by atoms with E-state index in [0.29, 0.717) is 29.4 Å². The average Bonchev–Trinajstić information content (AvgIpc) is 3.40. The summed E-state index contributed by atoms with van der Waals surface area (Å²) < 4.78 is 5.40. The molecule has 34 heavy (non-hydrogen) atoms. The van der Waals surface area contributed by atoms with Gasteiger partial charge in [0.2, 0.25) is 17.7 Å². The van der Waals surface area contributed by atoms with Crippen LogP contribution in [0.3, 0.4) is 0 Å². The number of hydrogen-bond donors (Lipinski definition) is 0. The van der Waals surface area contributed by atoms with E-state index in [1.54, 1.807) is 5.38 Å². The molecule has 0 N–H and O–H groups in total. The fourth-order valence-corrected chi connectivity index (χ4v) is 5.59. The molecule has 1 saturated carbocycles. The lowest BCUT2D eigenvalue weighted by Gasteiger charge is -2.21. The number of amides is 3. The molecule has 3 atom stereocenters. The summed E-state index contributed by atoms with van der Waals surface area (Å²) in [7, 11) is 0. The Morgan fingerprint density at radius 2 is 1.76 bits per heavy atom. The van der Waals surface area contributed by atoms with Gasteiger partial charge in [-0.1, -0.05) is 31.9 Å². The fraction of sp³-hybridized carbons (Fsp3) is 0.480. The van der Waals surface area contributed by atoms with Crippen LogP contribution in [0.15, 0.2) is 29.6 Å². The summed E-state index contributed by atoms with van der Waals surface area (Å²) in [6.45, 7) is 4.95. The van der Waals surface area contributed by atoms with Crippen LogP contribution in [-0.4, -0.2) is 39.6 Å². The van der Waals surface area contributed by atoms with Gasteiger partial charge < -0.3 is 4.74 Å². The lowest BCUT2D eigenvalue weighted by Crippen LogP contribution is -2.44. The molecule has 2 aliphatic rings. The Hall–Kier alpha value is -3.07. The van der Waals surface area contributed by atoms with Crippen molar-refractivity contribution in [2.24, 2.45) is 11.8 Å². The highest BCUT2D eigenvalue weighted by molar-refractivity contribution is 7.14. The van der Waals surface area contributed by atoms with Crippen molar-refractivity contribution in [2.75, 3.05) is 4.90 Å².